The van der Waals surface area contributed by atoms with E-state index in [2.05, 4.69) is 59.7 Å². The summed E-state index contributed by atoms with van der Waals surface area (Å²) in [4.78, 5) is 4.31. The first-order chi connectivity index (χ1) is 9.25. The summed E-state index contributed by atoms with van der Waals surface area (Å²) in [6, 6.07) is 14.9. The zero-order valence-electron chi connectivity index (χ0n) is 11.8. The van der Waals surface area contributed by atoms with Crippen LogP contribution in [0.4, 0.5) is 0 Å². The number of hydrogen-bond acceptors (Lipinski definition) is 2. The Morgan fingerprint density at radius 3 is 2.58 bits per heavy atom. The molecule has 0 bridgehead atoms. The first-order valence-electron chi connectivity index (χ1n) is 6.93. The number of pyridine rings is 1. The van der Waals surface area contributed by atoms with Crippen LogP contribution in [0.1, 0.15) is 29.7 Å². The molecule has 2 nitrogen and oxygen atoms in total. The highest BCUT2D eigenvalue weighted by Gasteiger charge is 2.03. The van der Waals surface area contributed by atoms with E-state index in [-0.39, 0.29) is 0 Å². The van der Waals surface area contributed by atoms with Crippen LogP contribution in [0.15, 0.2) is 48.7 Å². The summed E-state index contributed by atoms with van der Waals surface area (Å²) < 4.78 is 0. The van der Waals surface area contributed by atoms with Gasteiger partial charge < -0.3 is 5.32 Å². The highest BCUT2D eigenvalue weighted by molar-refractivity contribution is 5.19. The van der Waals surface area contributed by atoms with Crippen LogP contribution in [-0.4, -0.2) is 18.1 Å². The van der Waals surface area contributed by atoms with Crippen LogP contribution < -0.4 is 5.32 Å². The van der Waals surface area contributed by atoms with Gasteiger partial charge in [-0.05, 0) is 43.0 Å². The van der Waals surface area contributed by atoms with E-state index in [9.17, 15) is 0 Å². The largest absolute Gasteiger partial charge is 0.316 e. The average Bonchev–Trinajstić information content (AvgIpc) is 2.46. The quantitative estimate of drug-likeness (QED) is 0.800. The Hall–Kier alpha value is -1.67. The van der Waals surface area contributed by atoms with Gasteiger partial charge in [0.25, 0.3) is 0 Å². The molecule has 1 heterocycles. The van der Waals surface area contributed by atoms with Gasteiger partial charge in [0.1, 0.15) is 0 Å². The third-order valence-corrected chi connectivity index (χ3v) is 3.38. The lowest BCUT2D eigenvalue weighted by atomic mass is 10.0. The average molecular weight is 254 g/mol. The molecule has 0 aliphatic heterocycles. The molecule has 1 atom stereocenters. The lowest BCUT2D eigenvalue weighted by Gasteiger charge is -2.13. The van der Waals surface area contributed by atoms with Crippen LogP contribution in [0.25, 0.3) is 0 Å². The molecule has 0 spiro atoms. The maximum absolute atomic E-state index is 4.31. The molecule has 2 heteroatoms. The van der Waals surface area contributed by atoms with Gasteiger partial charge in [-0.15, -0.1) is 0 Å². The minimum atomic E-state index is 0.553. The van der Waals surface area contributed by atoms with Gasteiger partial charge in [-0.25, -0.2) is 0 Å². The van der Waals surface area contributed by atoms with E-state index in [4.69, 9.17) is 0 Å². The predicted octanol–water partition coefficient (Wildman–Crippen LogP) is 3.33. The van der Waals surface area contributed by atoms with Crippen LogP contribution in [0, 0.1) is 6.92 Å². The number of hydrogen-bond donors (Lipinski definition) is 1. The molecule has 2 aromatic rings. The molecule has 0 radical (unpaired) electrons. The maximum atomic E-state index is 4.31. The fourth-order valence-corrected chi connectivity index (χ4v) is 2.10. The molecular weight excluding hydrogens is 232 g/mol. The van der Waals surface area contributed by atoms with Crippen molar-refractivity contribution in [1.29, 1.82) is 0 Å². The number of nitrogens with one attached hydrogen (secondary N) is 1. The second-order valence-electron chi connectivity index (χ2n) is 5.07. The molecule has 0 unspecified atom stereocenters. The van der Waals surface area contributed by atoms with Crippen LogP contribution in [0.2, 0.25) is 0 Å². The van der Waals surface area contributed by atoms with Crippen molar-refractivity contribution in [3.05, 3.63) is 65.5 Å². The van der Waals surface area contributed by atoms with Crippen molar-refractivity contribution in [2.24, 2.45) is 0 Å². The summed E-state index contributed by atoms with van der Waals surface area (Å²) >= 11 is 0. The van der Waals surface area contributed by atoms with E-state index >= 15 is 0 Å². The first-order valence-corrected chi connectivity index (χ1v) is 6.93. The summed E-state index contributed by atoms with van der Waals surface area (Å²) in [5.74, 6) is 0.553. The van der Waals surface area contributed by atoms with Gasteiger partial charge in [-0.2, -0.15) is 0 Å². The molecule has 1 aromatic heterocycles. The minimum absolute atomic E-state index is 0.553. The van der Waals surface area contributed by atoms with Crippen LogP contribution in [0.5, 0.6) is 0 Å². The minimum Gasteiger partial charge on any atom is -0.316 e. The van der Waals surface area contributed by atoms with Gasteiger partial charge in [-0.1, -0.05) is 43.3 Å². The molecule has 0 amide bonds. The van der Waals surface area contributed by atoms with Gasteiger partial charge in [0.2, 0.25) is 0 Å². The Balaban J connectivity index is 1.71. The fourth-order valence-electron chi connectivity index (χ4n) is 2.10. The molecule has 19 heavy (non-hydrogen) atoms. The number of rotatable bonds is 6. The van der Waals surface area contributed by atoms with Crippen molar-refractivity contribution in [2.75, 3.05) is 13.1 Å². The number of nitrogens with zero attached hydrogens (tertiary/aromatic N) is 1. The fraction of sp³-hybridized carbons (Fsp3) is 0.353. The standard InChI is InChI=1S/C17H22N2/c1-14(17-6-4-3-5-7-17)12-18-11-10-16-9-8-15(2)19-13-16/h3-9,13-14,18H,10-12H2,1-2H3/t14-/m0/s1. The van der Waals surface area contributed by atoms with Crippen molar-refractivity contribution >= 4 is 0 Å². The maximum Gasteiger partial charge on any atom is 0.0372 e. The van der Waals surface area contributed by atoms with E-state index in [1.165, 1.54) is 11.1 Å². The van der Waals surface area contributed by atoms with E-state index in [0.717, 1.165) is 25.2 Å². The molecular formula is C17H22N2. The van der Waals surface area contributed by atoms with Crippen molar-refractivity contribution in [1.82, 2.24) is 10.3 Å². The van der Waals surface area contributed by atoms with Gasteiger partial charge in [0, 0.05) is 18.4 Å². The number of aromatic nitrogens is 1. The Labute approximate surface area is 115 Å². The molecule has 0 aliphatic carbocycles. The Morgan fingerprint density at radius 1 is 1.11 bits per heavy atom. The summed E-state index contributed by atoms with van der Waals surface area (Å²) in [6.07, 6.45) is 3.01. The highest BCUT2D eigenvalue weighted by Crippen LogP contribution is 2.12. The van der Waals surface area contributed by atoms with Crippen molar-refractivity contribution in [3.63, 3.8) is 0 Å². The SMILES string of the molecule is Cc1ccc(CCNC[C@H](C)c2ccccc2)cn1. The lowest BCUT2D eigenvalue weighted by Crippen LogP contribution is -2.22. The number of benzene rings is 1. The predicted molar refractivity (Wildman–Crippen MR) is 80.4 cm³/mol. The van der Waals surface area contributed by atoms with E-state index in [1.807, 2.05) is 13.1 Å². The van der Waals surface area contributed by atoms with Crippen LogP contribution in [0.3, 0.4) is 0 Å². The highest BCUT2D eigenvalue weighted by atomic mass is 14.9. The summed E-state index contributed by atoms with van der Waals surface area (Å²) in [5.41, 5.74) is 3.77. The summed E-state index contributed by atoms with van der Waals surface area (Å²) in [7, 11) is 0. The van der Waals surface area contributed by atoms with Gasteiger partial charge in [0.05, 0.1) is 0 Å². The summed E-state index contributed by atoms with van der Waals surface area (Å²) in [6.45, 7) is 6.30. The molecule has 1 aromatic carbocycles. The normalized spacial score (nSPS) is 12.3. The molecule has 0 aliphatic rings. The van der Waals surface area contributed by atoms with E-state index in [0.29, 0.717) is 5.92 Å². The first kappa shape index (κ1) is 13.8. The second-order valence-corrected chi connectivity index (χ2v) is 5.07. The van der Waals surface area contributed by atoms with Crippen molar-refractivity contribution < 1.29 is 0 Å². The van der Waals surface area contributed by atoms with Gasteiger partial charge in [0.15, 0.2) is 0 Å². The molecule has 2 rings (SSSR count). The van der Waals surface area contributed by atoms with Crippen molar-refractivity contribution in [3.8, 4) is 0 Å². The van der Waals surface area contributed by atoms with E-state index < -0.39 is 0 Å². The van der Waals surface area contributed by atoms with Crippen LogP contribution in [-0.2, 0) is 6.42 Å². The third-order valence-electron chi connectivity index (χ3n) is 3.38. The lowest BCUT2D eigenvalue weighted by molar-refractivity contribution is 0.615. The topological polar surface area (TPSA) is 24.9 Å². The van der Waals surface area contributed by atoms with Gasteiger partial charge >= 0.3 is 0 Å². The van der Waals surface area contributed by atoms with Crippen molar-refractivity contribution in [2.45, 2.75) is 26.2 Å². The third kappa shape index (κ3) is 4.49. The van der Waals surface area contributed by atoms with Gasteiger partial charge in [-0.3, -0.25) is 4.98 Å². The molecule has 0 saturated carbocycles. The zero-order valence-corrected chi connectivity index (χ0v) is 11.8. The Morgan fingerprint density at radius 2 is 1.89 bits per heavy atom. The molecule has 0 saturated heterocycles. The zero-order chi connectivity index (χ0) is 13.5. The number of aryl methyl sites for hydroxylation is 1. The molecule has 100 valence electrons. The molecule has 0 fully saturated rings. The van der Waals surface area contributed by atoms with Crippen LogP contribution >= 0.6 is 0 Å². The monoisotopic (exact) mass is 254 g/mol. The summed E-state index contributed by atoms with van der Waals surface area (Å²) in [5, 5.41) is 3.52. The Bertz CT molecular complexity index is 476. The Kier molecular flexibility index (Phi) is 5.10. The van der Waals surface area contributed by atoms with E-state index in [1.54, 1.807) is 0 Å². The second kappa shape index (κ2) is 7.05. The molecule has 1 N–H and O–H groups in total. The smallest absolute Gasteiger partial charge is 0.0372 e.